The van der Waals surface area contributed by atoms with Crippen molar-refractivity contribution in [2.75, 3.05) is 19.7 Å². The second-order valence-corrected chi connectivity index (χ2v) is 9.34. The first kappa shape index (κ1) is 26.0. The molecule has 1 heterocycles. The molecule has 1 saturated heterocycles. The molecule has 1 amide bonds. The highest BCUT2D eigenvalue weighted by Gasteiger charge is 2.32. The molecule has 0 unspecified atom stereocenters. The lowest BCUT2D eigenvalue weighted by Crippen LogP contribution is -2.58. The zero-order chi connectivity index (χ0) is 26.4. The molecule has 0 N–H and O–H groups in total. The number of piperazine rings is 1. The van der Waals surface area contributed by atoms with Crippen molar-refractivity contribution < 1.29 is 18.8 Å². The van der Waals surface area contributed by atoms with Crippen LogP contribution < -0.4 is 4.74 Å². The van der Waals surface area contributed by atoms with Gasteiger partial charge in [-0.2, -0.15) is 0 Å². The summed E-state index contributed by atoms with van der Waals surface area (Å²) in [6.45, 7) is 6.16. The van der Waals surface area contributed by atoms with Crippen LogP contribution in [0.15, 0.2) is 72.8 Å². The van der Waals surface area contributed by atoms with Gasteiger partial charge in [0.25, 0.3) is 11.6 Å². The number of ether oxygens (including phenoxy) is 1. The zero-order valence-corrected chi connectivity index (χ0v) is 20.9. The minimum absolute atomic E-state index is 0.0347. The summed E-state index contributed by atoms with van der Waals surface area (Å²) >= 11 is 0. The lowest BCUT2D eigenvalue weighted by molar-refractivity contribution is -0.384. The van der Waals surface area contributed by atoms with Crippen molar-refractivity contribution in [1.29, 1.82) is 0 Å². The maximum absolute atomic E-state index is 13.2. The van der Waals surface area contributed by atoms with Gasteiger partial charge in [0.15, 0.2) is 6.61 Å². The van der Waals surface area contributed by atoms with E-state index in [0.29, 0.717) is 12.3 Å². The molecule has 0 aliphatic carbocycles. The van der Waals surface area contributed by atoms with Crippen LogP contribution in [0.1, 0.15) is 30.5 Å². The van der Waals surface area contributed by atoms with Crippen molar-refractivity contribution in [3.05, 3.63) is 105 Å². The van der Waals surface area contributed by atoms with Gasteiger partial charge in [0.2, 0.25) is 0 Å². The third-order valence-electron chi connectivity index (χ3n) is 6.55. The highest BCUT2D eigenvalue weighted by molar-refractivity contribution is 5.78. The number of carbonyl (C=O) groups is 1. The first-order chi connectivity index (χ1) is 17.8. The van der Waals surface area contributed by atoms with Crippen molar-refractivity contribution >= 4 is 23.7 Å². The molecule has 192 valence electrons. The normalized spacial score (nSPS) is 18.2. The molecule has 8 heteroatoms. The summed E-state index contributed by atoms with van der Waals surface area (Å²) < 4.78 is 19.0. The van der Waals surface area contributed by atoms with E-state index in [0.717, 1.165) is 29.8 Å². The van der Waals surface area contributed by atoms with Crippen LogP contribution in [0.25, 0.3) is 12.2 Å². The van der Waals surface area contributed by atoms with Crippen LogP contribution in [0.4, 0.5) is 10.1 Å². The van der Waals surface area contributed by atoms with Gasteiger partial charge in [-0.05, 0) is 66.9 Å². The Kier molecular flexibility index (Phi) is 8.30. The number of nitrogens with zero attached hydrogens (tertiary/aromatic N) is 3. The van der Waals surface area contributed by atoms with Crippen LogP contribution in [-0.2, 0) is 11.3 Å². The van der Waals surface area contributed by atoms with Gasteiger partial charge in [-0.25, -0.2) is 4.39 Å². The maximum Gasteiger partial charge on any atom is 0.269 e. The lowest BCUT2D eigenvalue weighted by Gasteiger charge is -2.44. The molecule has 37 heavy (non-hydrogen) atoms. The van der Waals surface area contributed by atoms with Crippen molar-refractivity contribution in [3.63, 3.8) is 0 Å². The Morgan fingerprint density at radius 3 is 2.14 bits per heavy atom. The summed E-state index contributed by atoms with van der Waals surface area (Å²) in [4.78, 5) is 27.4. The summed E-state index contributed by atoms with van der Waals surface area (Å²) in [6.07, 6.45) is 3.78. The minimum Gasteiger partial charge on any atom is -0.484 e. The number of carbonyl (C=O) groups excluding carboxylic acids is 1. The summed E-state index contributed by atoms with van der Waals surface area (Å²) in [5.41, 5.74) is 2.91. The Hall–Kier alpha value is -4.04. The zero-order valence-electron chi connectivity index (χ0n) is 20.9. The van der Waals surface area contributed by atoms with E-state index in [1.165, 1.54) is 24.3 Å². The number of nitro groups is 1. The first-order valence-electron chi connectivity index (χ1n) is 12.2. The molecule has 0 aromatic heterocycles. The van der Waals surface area contributed by atoms with Gasteiger partial charge in [0.1, 0.15) is 11.6 Å². The predicted molar refractivity (Wildman–Crippen MR) is 141 cm³/mol. The van der Waals surface area contributed by atoms with Gasteiger partial charge in [0, 0.05) is 43.9 Å². The average Bonchev–Trinajstić information content (AvgIpc) is 2.90. The number of hydrogen-bond acceptors (Lipinski definition) is 5. The topological polar surface area (TPSA) is 75.9 Å². The quantitative estimate of drug-likeness (QED) is 0.234. The second kappa shape index (κ2) is 11.8. The Morgan fingerprint density at radius 1 is 0.946 bits per heavy atom. The third kappa shape index (κ3) is 7.01. The third-order valence-corrected chi connectivity index (χ3v) is 6.55. The number of hydrogen-bond donors (Lipinski definition) is 0. The van der Waals surface area contributed by atoms with Crippen LogP contribution in [0, 0.1) is 15.9 Å². The molecule has 0 saturated carbocycles. The number of amides is 1. The summed E-state index contributed by atoms with van der Waals surface area (Å²) in [5, 5.41) is 10.8. The largest absolute Gasteiger partial charge is 0.484 e. The van der Waals surface area contributed by atoms with E-state index in [9.17, 15) is 19.3 Å². The second-order valence-electron chi connectivity index (χ2n) is 9.34. The molecule has 3 aromatic rings. The van der Waals surface area contributed by atoms with E-state index in [1.54, 1.807) is 24.3 Å². The lowest BCUT2D eigenvalue weighted by atomic mass is 10.1. The molecule has 1 aliphatic heterocycles. The van der Waals surface area contributed by atoms with Gasteiger partial charge in [-0.3, -0.25) is 19.8 Å². The van der Waals surface area contributed by atoms with Crippen molar-refractivity contribution in [2.45, 2.75) is 32.5 Å². The van der Waals surface area contributed by atoms with Crippen LogP contribution >= 0.6 is 0 Å². The van der Waals surface area contributed by atoms with Crippen LogP contribution in [0.3, 0.4) is 0 Å². The van der Waals surface area contributed by atoms with Gasteiger partial charge in [-0.15, -0.1) is 0 Å². The van der Waals surface area contributed by atoms with Crippen LogP contribution in [0.5, 0.6) is 5.75 Å². The fourth-order valence-corrected chi connectivity index (χ4v) is 4.39. The van der Waals surface area contributed by atoms with E-state index in [4.69, 9.17) is 4.74 Å². The highest BCUT2D eigenvalue weighted by atomic mass is 19.1. The Balaban J connectivity index is 1.26. The van der Waals surface area contributed by atoms with E-state index >= 15 is 0 Å². The molecule has 0 bridgehead atoms. The molecule has 4 rings (SSSR count). The highest BCUT2D eigenvalue weighted by Crippen LogP contribution is 2.20. The van der Waals surface area contributed by atoms with E-state index in [-0.39, 0.29) is 36.1 Å². The number of benzene rings is 3. The molecule has 2 atom stereocenters. The molecule has 3 aromatic carbocycles. The van der Waals surface area contributed by atoms with Gasteiger partial charge < -0.3 is 9.64 Å². The maximum atomic E-state index is 13.2. The monoisotopic (exact) mass is 503 g/mol. The molecule has 7 nitrogen and oxygen atoms in total. The average molecular weight is 504 g/mol. The summed E-state index contributed by atoms with van der Waals surface area (Å²) in [7, 11) is 0. The van der Waals surface area contributed by atoms with E-state index in [1.807, 2.05) is 48.2 Å². The minimum atomic E-state index is -0.422. The Labute approximate surface area is 215 Å². The summed E-state index contributed by atoms with van der Waals surface area (Å²) in [6, 6.07) is 20.5. The van der Waals surface area contributed by atoms with Crippen LogP contribution in [-0.4, -0.2) is 52.4 Å². The molecule has 1 fully saturated rings. The molecule has 0 radical (unpaired) electrons. The molecule has 1 aliphatic rings. The van der Waals surface area contributed by atoms with Gasteiger partial charge >= 0.3 is 0 Å². The fraction of sp³-hybridized carbons (Fsp3) is 0.276. The smallest absolute Gasteiger partial charge is 0.269 e. The van der Waals surface area contributed by atoms with Crippen molar-refractivity contribution in [1.82, 2.24) is 9.80 Å². The van der Waals surface area contributed by atoms with E-state index in [2.05, 4.69) is 11.8 Å². The number of non-ortho nitro benzene ring substituents is 1. The van der Waals surface area contributed by atoms with Gasteiger partial charge in [-0.1, -0.05) is 36.4 Å². The summed E-state index contributed by atoms with van der Waals surface area (Å²) in [5.74, 6) is 0.313. The van der Waals surface area contributed by atoms with Crippen molar-refractivity contribution in [2.24, 2.45) is 0 Å². The number of rotatable bonds is 8. The first-order valence-corrected chi connectivity index (χ1v) is 12.2. The standard InChI is InChI=1S/C29H30FN3O4/c1-21-18-32(22(2)17-31(21)19-25-5-11-26(30)12-6-25)29(34)20-37-28-15-9-24(10-16-28)4-3-23-7-13-27(14-8-23)33(35)36/h3-16,21-22H,17-20H2,1-2H3/b4-3+/t21-,22+/m1/s1. The predicted octanol–water partition coefficient (Wildman–Crippen LogP) is 5.40. The van der Waals surface area contributed by atoms with E-state index < -0.39 is 4.92 Å². The molecular formula is C29H30FN3O4. The fourth-order valence-electron chi connectivity index (χ4n) is 4.39. The van der Waals surface area contributed by atoms with Crippen LogP contribution in [0.2, 0.25) is 0 Å². The SMILES string of the molecule is C[C@@H]1CN(C(=O)COc2ccc(/C=C/c3ccc([N+](=O)[O-])cc3)cc2)[C@@H](C)CN1Cc1ccc(F)cc1. The number of halogens is 1. The Bertz CT molecular complexity index is 1240. The molecular weight excluding hydrogens is 473 g/mol. The number of nitro benzene ring substituents is 1. The Morgan fingerprint density at radius 2 is 1.54 bits per heavy atom. The van der Waals surface area contributed by atoms with Crippen molar-refractivity contribution in [3.8, 4) is 5.75 Å². The van der Waals surface area contributed by atoms with Gasteiger partial charge in [0.05, 0.1) is 4.92 Å². The molecule has 0 spiro atoms.